The van der Waals surface area contributed by atoms with Gasteiger partial charge in [-0.3, -0.25) is 10.1 Å². The average molecular weight is 487 g/mol. The van der Waals surface area contributed by atoms with Crippen LogP contribution in [0.3, 0.4) is 0 Å². The number of nitrogens with zero attached hydrogens (tertiary/aromatic N) is 2. The van der Waals surface area contributed by atoms with Gasteiger partial charge in [0.2, 0.25) is 5.88 Å². The molecular formula is C23H20ClFN4O5. The minimum atomic E-state index is -0.659. The number of hydrogen-bond acceptors (Lipinski definition) is 7. The third-order valence-corrected chi connectivity index (χ3v) is 6.26. The molecular weight excluding hydrogens is 467 g/mol. The van der Waals surface area contributed by atoms with Crippen LogP contribution in [-0.4, -0.2) is 47.9 Å². The second-order valence-electron chi connectivity index (χ2n) is 8.24. The highest BCUT2D eigenvalue weighted by Gasteiger charge is 2.28. The quantitative estimate of drug-likeness (QED) is 0.567. The SMILES string of the molecule is Cc1c(-c2cc3cc(NC(=O)O[C@H]4COC[C@@H]4C)ncc3c(Cl)c2F)cnc2c1NC(=O)CO2. The van der Waals surface area contributed by atoms with Crippen LogP contribution in [0.25, 0.3) is 21.9 Å². The molecule has 2 amide bonds. The largest absolute Gasteiger partial charge is 0.466 e. The smallest absolute Gasteiger partial charge is 0.413 e. The van der Waals surface area contributed by atoms with Crippen molar-refractivity contribution < 1.29 is 28.2 Å². The number of pyridine rings is 2. The van der Waals surface area contributed by atoms with E-state index in [1.807, 2.05) is 6.92 Å². The summed E-state index contributed by atoms with van der Waals surface area (Å²) in [5.41, 5.74) is 1.58. The van der Waals surface area contributed by atoms with Gasteiger partial charge in [-0.2, -0.15) is 0 Å². The number of benzene rings is 1. The number of halogens is 2. The number of hydrogen-bond donors (Lipinski definition) is 2. The summed E-state index contributed by atoms with van der Waals surface area (Å²) in [5.74, 6) is -0.385. The molecule has 0 bridgehead atoms. The van der Waals surface area contributed by atoms with Crippen LogP contribution in [0.4, 0.5) is 20.7 Å². The first kappa shape index (κ1) is 22.3. The Balaban J connectivity index is 1.49. The van der Waals surface area contributed by atoms with Crippen LogP contribution >= 0.6 is 11.6 Å². The van der Waals surface area contributed by atoms with Gasteiger partial charge < -0.3 is 19.5 Å². The summed E-state index contributed by atoms with van der Waals surface area (Å²) >= 11 is 6.33. The van der Waals surface area contributed by atoms with Crippen LogP contribution in [0.15, 0.2) is 24.5 Å². The summed E-state index contributed by atoms with van der Waals surface area (Å²) in [4.78, 5) is 32.4. The van der Waals surface area contributed by atoms with Crippen LogP contribution in [-0.2, 0) is 14.3 Å². The number of aromatic nitrogens is 2. The molecule has 3 aromatic rings. The number of anilines is 2. The van der Waals surface area contributed by atoms with Crippen molar-refractivity contribution in [3.05, 3.63) is 40.9 Å². The predicted octanol–water partition coefficient (Wildman–Crippen LogP) is 4.31. The van der Waals surface area contributed by atoms with E-state index in [-0.39, 0.29) is 46.8 Å². The first-order chi connectivity index (χ1) is 16.3. The zero-order chi connectivity index (χ0) is 24.0. The third-order valence-electron chi connectivity index (χ3n) is 5.89. The van der Waals surface area contributed by atoms with Crippen LogP contribution < -0.4 is 15.4 Å². The Labute approximate surface area is 198 Å². The van der Waals surface area contributed by atoms with Gasteiger partial charge in [-0.15, -0.1) is 0 Å². The molecule has 9 nitrogen and oxygen atoms in total. The van der Waals surface area contributed by atoms with Crippen LogP contribution in [0.2, 0.25) is 5.02 Å². The molecule has 0 radical (unpaired) electrons. The lowest BCUT2D eigenvalue weighted by atomic mass is 9.98. The molecule has 5 rings (SSSR count). The van der Waals surface area contributed by atoms with E-state index in [2.05, 4.69) is 20.6 Å². The fraction of sp³-hybridized carbons (Fsp3) is 0.304. The molecule has 1 fully saturated rings. The van der Waals surface area contributed by atoms with E-state index >= 15 is 4.39 Å². The van der Waals surface area contributed by atoms with Crippen molar-refractivity contribution >= 4 is 45.9 Å². The molecule has 11 heteroatoms. The normalized spacial score (nSPS) is 19.4. The molecule has 2 aliphatic heterocycles. The molecule has 34 heavy (non-hydrogen) atoms. The number of nitrogens with one attached hydrogen (secondary N) is 2. The maximum Gasteiger partial charge on any atom is 0.413 e. The van der Waals surface area contributed by atoms with Gasteiger partial charge in [0, 0.05) is 34.8 Å². The minimum absolute atomic E-state index is 0.100. The fourth-order valence-electron chi connectivity index (χ4n) is 3.97. The van der Waals surface area contributed by atoms with E-state index < -0.39 is 11.9 Å². The highest BCUT2D eigenvalue weighted by atomic mass is 35.5. The Hall–Kier alpha value is -3.50. The van der Waals surface area contributed by atoms with Crippen molar-refractivity contribution in [3.63, 3.8) is 0 Å². The number of fused-ring (bicyclic) bond motifs is 2. The second kappa shape index (κ2) is 8.69. The third kappa shape index (κ3) is 3.99. The van der Waals surface area contributed by atoms with Gasteiger partial charge in [-0.05, 0) is 30.0 Å². The lowest BCUT2D eigenvalue weighted by molar-refractivity contribution is -0.118. The summed E-state index contributed by atoms with van der Waals surface area (Å²) in [6.45, 7) is 4.41. The Morgan fingerprint density at radius 3 is 2.85 bits per heavy atom. The number of carbonyl (C=O) groups excluding carboxylic acids is 2. The van der Waals surface area contributed by atoms with E-state index in [1.165, 1.54) is 12.4 Å². The Morgan fingerprint density at radius 1 is 1.26 bits per heavy atom. The van der Waals surface area contributed by atoms with E-state index in [1.54, 1.807) is 19.1 Å². The fourth-order valence-corrected chi connectivity index (χ4v) is 4.23. The highest BCUT2D eigenvalue weighted by molar-refractivity contribution is 6.36. The van der Waals surface area contributed by atoms with Crippen molar-refractivity contribution in [2.24, 2.45) is 5.92 Å². The molecule has 2 aliphatic rings. The second-order valence-corrected chi connectivity index (χ2v) is 8.62. The van der Waals surface area contributed by atoms with Crippen LogP contribution in [0, 0.1) is 18.7 Å². The van der Waals surface area contributed by atoms with Crippen molar-refractivity contribution in [2.75, 3.05) is 30.5 Å². The van der Waals surface area contributed by atoms with Crippen LogP contribution in [0.5, 0.6) is 5.88 Å². The van der Waals surface area contributed by atoms with Gasteiger partial charge in [0.25, 0.3) is 5.91 Å². The van der Waals surface area contributed by atoms with E-state index in [0.717, 1.165) is 0 Å². The highest BCUT2D eigenvalue weighted by Crippen LogP contribution is 2.40. The number of ether oxygens (including phenoxy) is 3. The van der Waals surface area contributed by atoms with E-state index in [9.17, 15) is 9.59 Å². The van der Waals surface area contributed by atoms with Crippen molar-refractivity contribution in [1.82, 2.24) is 9.97 Å². The molecule has 0 spiro atoms. The van der Waals surface area contributed by atoms with Crippen molar-refractivity contribution in [3.8, 4) is 17.0 Å². The summed E-state index contributed by atoms with van der Waals surface area (Å²) < 4.78 is 31.3. The number of rotatable bonds is 3. The molecule has 2 atom stereocenters. The Morgan fingerprint density at radius 2 is 2.09 bits per heavy atom. The van der Waals surface area contributed by atoms with Crippen molar-refractivity contribution in [1.29, 1.82) is 0 Å². The van der Waals surface area contributed by atoms with Gasteiger partial charge in [0.1, 0.15) is 23.4 Å². The van der Waals surface area contributed by atoms with Crippen LogP contribution in [0.1, 0.15) is 12.5 Å². The van der Waals surface area contributed by atoms with E-state index in [0.29, 0.717) is 40.8 Å². The number of carbonyl (C=O) groups is 2. The first-order valence-electron chi connectivity index (χ1n) is 10.6. The monoisotopic (exact) mass is 486 g/mol. The van der Waals surface area contributed by atoms with Gasteiger partial charge in [0.05, 0.1) is 18.2 Å². The molecule has 2 N–H and O–H groups in total. The lowest BCUT2D eigenvalue weighted by Gasteiger charge is -2.21. The molecule has 0 unspecified atom stereocenters. The number of amides is 2. The first-order valence-corrected chi connectivity index (χ1v) is 11.0. The van der Waals surface area contributed by atoms with Gasteiger partial charge >= 0.3 is 6.09 Å². The molecule has 1 saturated heterocycles. The predicted molar refractivity (Wildman–Crippen MR) is 123 cm³/mol. The molecule has 2 aromatic heterocycles. The zero-order valence-electron chi connectivity index (χ0n) is 18.3. The molecule has 0 saturated carbocycles. The standard InChI is InChI=1S/C23H20ClFN4O5/c1-10-7-32-8-16(10)34-23(31)28-17-4-12-3-13(20(25)19(24)15(12)6-26-17)14-5-27-22-21(11(14)2)29-18(30)9-33-22/h3-6,10,16H,7-9H2,1-2H3,(H,29,30)(H,26,28,31)/t10-,16-/m0/s1. The Bertz CT molecular complexity index is 1330. The minimum Gasteiger partial charge on any atom is -0.466 e. The molecule has 176 valence electrons. The topological polar surface area (TPSA) is 112 Å². The molecule has 0 aliphatic carbocycles. The maximum atomic E-state index is 15.3. The summed E-state index contributed by atoms with van der Waals surface area (Å²) in [6, 6.07) is 3.16. The lowest BCUT2D eigenvalue weighted by Crippen LogP contribution is -2.27. The maximum absolute atomic E-state index is 15.3. The van der Waals surface area contributed by atoms with E-state index in [4.69, 9.17) is 25.8 Å². The zero-order valence-corrected chi connectivity index (χ0v) is 19.0. The summed E-state index contributed by atoms with van der Waals surface area (Å²) in [7, 11) is 0. The molecule has 1 aromatic carbocycles. The summed E-state index contributed by atoms with van der Waals surface area (Å²) in [5, 5.41) is 6.10. The van der Waals surface area contributed by atoms with Crippen molar-refractivity contribution in [2.45, 2.75) is 20.0 Å². The molecule has 4 heterocycles. The summed E-state index contributed by atoms with van der Waals surface area (Å²) in [6.07, 6.45) is 1.86. The Kier molecular flexibility index (Phi) is 5.70. The van der Waals surface area contributed by atoms with Gasteiger partial charge in [-0.25, -0.2) is 19.2 Å². The van der Waals surface area contributed by atoms with Gasteiger partial charge in [0.15, 0.2) is 6.61 Å². The van der Waals surface area contributed by atoms with Gasteiger partial charge in [-0.1, -0.05) is 18.5 Å². The average Bonchev–Trinajstić information content (AvgIpc) is 3.21.